The van der Waals surface area contributed by atoms with Gasteiger partial charge in [0, 0.05) is 25.1 Å². The van der Waals surface area contributed by atoms with Gasteiger partial charge in [-0.1, -0.05) is 42.5 Å². The second-order valence-electron chi connectivity index (χ2n) is 7.75. The molecule has 7 nitrogen and oxygen atoms in total. The number of hydrogen-bond acceptors (Lipinski definition) is 5. The highest BCUT2D eigenvalue weighted by atomic mass is 16.3. The van der Waals surface area contributed by atoms with Crippen molar-refractivity contribution in [2.24, 2.45) is 5.92 Å². The van der Waals surface area contributed by atoms with Gasteiger partial charge in [0.25, 0.3) is 0 Å². The summed E-state index contributed by atoms with van der Waals surface area (Å²) >= 11 is 0. The molecule has 1 aliphatic carbocycles. The van der Waals surface area contributed by atoms with E-state index >= 15 is 0 Å². The summed E-state index contributed by atoms with van der Waals surface area (Å²) in [6, 6.07) is 16.1. The topological polar surface area (TPSA) is 92.5 Å². The maximum Gasteiger partial charge on any atom is 0.244 e. The van der Waals surface area contributed by atoms with E-state index in [4.69, 9.17) is 0 Å². The first kappa shape index (κ1) is 19.0. The fraction of sp³-hybridized carbons (Fsp3) is 0.167. The number of phenols is 1. The first-order valence-corrected chi connectivity index (χ1v) is 9.90. The summed E-state index contributed by atoms with van der Waals surface area (Å²) in [5.41, 5.74) is 3.31. The molecule has 1 saturated heterocycles. The van der Waals surface area contributed by atoms with Crippen molar-refractivity contribution in [1.82, 2.24) is 14.7 Å². The molecule has 0 radical (unpaired) electrons. The predicted octanol–water partition coefficient (Wildman–Crippen LogP) is 3.17. The van der Waals surface area contributed by atoms with Gasteiger partial charge in [0.15, 0.2) is 0 Å². The van der Waals surface area contributed by atoms with Crippen LogP contribution in [-0.2, 0) is 9.59 Å². The Labute approximate surface area is 178 Å². The molecule has 3 aromatic rings. The van der Waals surface area contributed by atoms with E-state index in [1.54, 1.807) is 24.3 Å². The largest absolute Gasteiger partial charge is 0.507 e. The molecule has 0 saturated carbocycles. The number of rotatable bonds is 2. The van der Waals surface area contributed by atoms with E-state index in [1.165, 1.54) is 18.7 Å². The lowest BCUT2D eigenvalue weighted by molar-refractivity contribution is -0.137. The number of aromatic nitrogens is 2. The third kappa shape index (κ3) is 2.66. The normalized spacial score (nSPS) is 19.8. The maximum atomic E-state index is 13.2. The summed E-state index contributed by atoms with van der Waals surface area (Å²) in [6.07, 6.45) is 1.82. The Kier molecular flexibility index (Phi) is 4.15. The third-order valence-corrected chi connectivity index (χ3v) is 5.98. The Balaban J connectivity index is 1.86. The number of para-hydroxylation sites is 1. The smallest absolute Gasteiger partial charge is 0.244 e. The number of phenolic OH excluding ortho intramolecular Hbond substituents is 1. The van der Waals surface area contributed by atoms with Gasteiger partial charge in [-0.2, -0.15) is 5.10 Å². The molecule has 0 spiro atoms. The summed E-state index contributed by atoms with van der Waals surface area (Å²) in [7, 11) is 1.46. The van der Waals surface area contributed by atoms with Crippen molar-refractivity contribution in [3.05, 3.63) is 71.4 Å². The van der Waals surface area contributed by atoms with Crippen molar-refractivity contribution in [2.75, 3.05) is 7.05 Å². The lowest BCUT2D eigenvalue weighted by Crippen LogP contribution is -2.26. The molecule has 1 aliphatic heterocycles. The van der Waals surface area contributed by atoms with Crippen molar-refractivity contribution >= 4 is 29.4 Å². The zero-order valence-electron chi connectivity index (χ0n) is 16.9. The second-order valence-corrected chi connectivity index (χ2v) is 7.75. The van der Waals surface area contributed by atoms with Crippen LogP contribution in [-0.4, -0.2) is 44.6 Å². The van der Waals surface area contributed by atoms with Gasteiger partial charge in [-0.3, -0.25) is 19.3 Å². The van der Waals surface area contributed by atoms with Crippen LogP contribution < -0.4 is 0 Å². The van der Waals surface area contributed by atoms with Crippen molar-refractivity contribution < 1.29 is 19.5 Å². The molecule has 0 bridgehead atoms. The summed E-state index contributed by atoms with van der Waals surface area (Å²) < 4.78 is 1.19. The van der Waals surface area contributed by atoms with Crippen molar-refractivity contribution in [3.8, 4) is 17.0 Å². The van der Waals surface area contributed by atoms with Gasteiger partial charge in [0.2, 0.25) is 17.7 Å². The van der Waals surface area contributed by atoms with Gasteiger partial charge in [-0.05, 0) is 29.3 Å². The van der Waals surface area contributed by atoms with Crippen LogP contribution >= 0.6 is 0 Å². The lowest BCUT2D eigenvalue weighted by Gasteiger charge is -2.25. The van der Waals surface area contributed by atoms with Gasteiger partial charge >= 0.3 is 0 Å². The van der Waals surface area contributed by atoms with Crippen LogP contribution in [0.4, 0.5) is 0 Å². The fourth-order valence-electron chi connectivity index (χ4n) is 4.53. The van der Waals surface area contributed by atoms with Crippen LogP contribution in [0.1, 0.15) is 34.5 Å². The van der Waals surface area contributed by atoms with Crippen molar-refractivity contribution in [2.45, 2.75) is 12.8 Å². The fourth-order valence-corrected chi connectivity index (χ4v) is 4.53. The molecule has 1 aromatic heterocycles. The van der Waals surface area contributed by atoms with Crippen LogP contribution in [0.5, 0.6) is 5.75 Å². The summed E-state index contributed by atoms with van der Waals surface area (Å²) in [5.74, 6) is -2.63. The molecule has 154 valence electrons. The Bertz CT molecular complexity index is 1290. The van der Waals surface area contributed by atoms with E-state index in [0.29, 0.717) is 28.1 Å². The van der Waals surface area contributed by atoms with E-state index in [2.05, 4.69) is 5.10 Å². The van der Waals surface area contributed by atoms with Crippen molar-refractivity contribution in [1.29, 1.82) is 0 Å². The van der Waals surface area contributed by atoms with Crippen LogP contribution in [0.25, 0.3) is 22.9 Å². The van der Waals surface area contributed by atoms with Crippen LogP contribution in [0, 0.1) is 5.92 Å². The average Bonchev–Trinajstić information content (AvgIpc) is 3.26. The van der Waals surface area contributed by atoms with E-state index in [-0.39, 0.29) is 23.5 Å². The molecule has 2 aliphatic rings. The predicted molar refractivity (Wildman–Crippen MR) is 114 cm³/mol. The molecular weight excluding hydrogens is 394 g/mol. The molecule has 31 heavy (non-hydrogen) atoms. The number of imide groups is 1. The van der Waals surface area contributed by atoms with Crippen LogP contribution in [0.3, 0.4) is 0 Å². The maximum absolute atomic E-state index is 13.2. The number of fused-ring (bicyclic) bond motifs is 3. The molecule has 2 atom stereocenters. The summed E-state index contributed by atoms with van der Waals surface area (Å²) in [5, 5.41) is 14.9. The molecule has 0 unspecified atom stereocenters. The zero-order chi connectivity index (χ0) is 21.9. The van der Waals surface area contributed by atoms with Gasteiger partial charge in [-0.15, -0.1) is 0 Å². The molecule has 2 heterocycles. The monoisotopic (exact) mass is 413 g/mol. The third-order valence-electron chi connectivity index (χ3n) is 5.98. The number of likely N-dealkylation sites (N-methyl/N-ethyl adjacent to an activating group) is 1. The number of nitrogens with zero attached hydrogens (tertiary/aromatic N) is 3. The van der Waals surface area contributed by atoms with Crippen LogP contribution in [0.15, 0.2) is 54.6 Å². The number of aromatic hydroxyl groups is 1. The van der Waals surface area contributed by atoms with E-state index < -0.39 is 11.8 Å². The van der Waals surface area contributed by atoms with Gasteiger partial charge in [-0.25, -0.2) is 4.68 Å². The first-order valence-electron chi connectivity index (χ1n) is 9.90. The van der Waals surface area contributed by atoms with E-state index in [1.807, 2.05) is 36.4 Å². The van der Waals surface area contributed by atoms with E-state index in [0.717, 1.165) is 10.5 Å². The number of carbonyl (C=O) groups is 3. The standard InChI is InChI=1S/C24H19N3O4/c1-13(28)27-22-17(21(25-27)15-10-6-7-11-18(15)29)12-16(14-8-4-3-5-9-14)19-20(22)24(31)26(2)23(19)30/h3-12,19-20,29H,1-2H3/t19-,20-/m0/s1. The minimum absolute atomic E-state index is 0.0150. The molecule has 2 aromatic carbocycles. The van der Waals surface area contributed by atoms with Gasteiger partial charge in [0.05, 0.1) is 17.5 Å². The Hall–Kier alpha value is -4.00. The highest BCUT2D eigenvalue weighted by molar-refractivity contribution is 6.16. The van der Waals surface area contributed by atoms with Crippen LogP contribution in [0.2, 0.25) is 0 Å². The first-order chi connectivity index (χ1) is 14.9. The number of carbonyl (C=O) groups excluding carboxylic acids is 3. The molecule has 1 N–H and O–H groups in total. The van der Waals surface area contributed by atoms with Gasteiger partial charge < -0.3 is 5.11 Å². The molecular formula is C24H19N3O4. The minimum Gasteiger partial charge on any atom is -0.507 e. The minimum atomic E-state index is -0.858. The number of benzene rings is 2. The number of likely N-dealkylation sites (tertiary alicyclic amines) is 1. The molecule has 5 rings (SSSR count). The Morgan fingerprint density at radius 2 is 1.61 bits per heavy atom. The second kappa shape index (κ2) is 6.77. The van der Waals surface area contributed by atoms with E-state index in [9.17, 15) is 19.5 Å². The van der Waals surface area contributed by atoms with Crippen molar-refractivity contribution in [3.63, 3.8) is 0 Å². The lowest BCUT2D eigenvalue weighted by atomic mass is 9.76. The highest BCUT2D eigenvalue weighted by Gasteiger charge is 2.53. The number of hydrogen-bond donors (Lipinski definition) is 1. The molecule has 1 fully saturated rings. The quantitative estimate of drug-likeness (QED) is 0.652. The summed E-state index contributed by atoms with van der Waals surface area (Å²) in [4.78, 5) is 39.8. The highest BCUT2D eigenvalue weighted by Crippen LogP contribution is 2.50. The zero-order valence-corrected chi connectivity index (χ0v) is 16.9. The molecule has 7 heteroatoms. The van der Waals surface area contributed by atoms with Gasteiger partial charge in [0.1, 0.15) is 11.4 Å². The SMILES string of the molecule is CC(=O)n1nc(-c2ccccc2O)c2c1[C@H]1C(=O)N(C)C(=O)[C@H]1C(c1ccccc1)=C2. The number of amides is 2. The summed E-state index contributed by atoms with van der Waals surface area (Å²) in [6.45, 7) is 1.36. The average molecular weight is 413 g/mol. The Morgan fingerprint density at radius 1 is 0.968 bits per heavy atom. The Morgan fingerprint density at radius 3 is 2.29 bits per heavy atom. The molecule has 2 amide bonds.